The third-order valence-electron chi connectivity index (χ3n) is 0.798. The Morgan fingerprint density at radius 1 is 0.818 bits per heavy atom. The molecule has 0 rings (SSSR count). The van der Waals surface area contributed by atoms with Gasteiger partial charge in [-0.3, -0.25) is 35.1 Å². The minimum atomic E-state index is -0.972. The van der Waals surface area contributed by atoms with Crippen LogP contribution in [0.5, 0.6) is 0 Å². The van der Waals surface area contributed by atoms with Crippen molar-refractivity contribution < 1.29 is 34.5 Å². The zero-order valence-electron chi connectivity index (χ0n) is 12.7. The Labute approximate surface area is 126 Å². The summed E-state index contributed by atoms with van der Waals surface area (Å²) in [5.74, 6) is 0. The largest absolute Gasteiger partial charge is 0.355 e. The van der Waals surface area contributed by atoms with E-state index in [-0.39, 0.29) is 6.79 Å². The molecule has 13 heteroatoms. The molecular formula is C9H23N3O10. The molecule has 0 aromatic heterocycles. The molecule has 0 radical (unpaired) electrons. The van der Waals surface area contributed by atoms with Crippen molar-refractivity contribution in [3.8, 4) is 0 Å². The van der Waals surface area contributed by atoms with Gasteiger partial charge in [-0.25, -0.2) is 0 Å². The van der Waals surface area contributed by atoms with Crippen molar-refractivity contribution in [1.82, 2.24) is 0 Å². The van der Waals surface area contributed by atoms with Gasteiger partial charge in [-0.1, -0.05) is 20.3 Å². The van der Waals surface area contributed by atoms with E-state index in [1.165, 1.54) is 6.42 Å². The number of aliphatic hydroxyl groups excluding tert-OH is 2. The van der Waals surface area contributed by atoms with Gasteiger partial charge in [-0.05, 0) is 6.92 Å². The molecule has 0 saturated carbocycles. The van der Waals surface area contributed by atoms with E-state index in [2.05, 4.69) is 23.3 Å². The van der Waals surface area contributed by atoms with Gasteiger partial charge in [0.1, 0.15) is 0 Å². The summed E-state index contributed by atoms with van der Waals surface area (Å²) in [6.45, 7) is 4.12. The lowest BCUT2D eigenvalue weighted by Gasteiger charge is -1.96. The molecule has 0 aliphatic heterocycles. The molecule has 0 aromatic rings. The lowest BCUT2D eigenvalue weighted by molar-refractivity contribution is -0.530. The summed E-state index contributed by atoms with van der Waals surface area (Å²) in [5.41, 5.74) is 0. The summed E-state index contributed by atoms with van der Waals surface area (Å²) < 4.78 is 9.07. The summed E-state index contributed by atoms with van der Waals surface area (Å²) in [7, 11) is 0. The quantitative estimate of drug-likeness (QED) is 0.279. The van der Waals surface area contributed by atoms with E-state index in [1.54, 1.807) is 6.92 Å². The summed E-state index contributed by atoms with van der Waals surface area (Å²) in [6.07, 6.45) is 1.25. The minimum absolute atomic E-state index is 0.00250. The maximum atomic E-state index is 9.59. The van der Waals surface area contributed by atoms with E-state index >= 15 is 0 Å². The lowest BCUT2D eigenvalue weighted by Crippen LogP contribution is -2.08. The average molecular weight is 333 g/mol. The van der Waals surface area contributed by atoms with Crippen molar-refractivity contribution in [2.24, 2.45) is 0 Å². The van der Waals surface area contributed by atoms with Gasteiger partial charge in [0.15, 0.2) is 6.79 Å². The fourth-order valence-corrected chi connectivity index (χ4v) is 0.254. The van der Waals surface area contributed by atoms with Crippen LogP contribution >= 0.6 is 0 Å². The third kappa shape index (κ3) is 81.0. The Hall–Kier alpha value is -1.96. The fraction of sp³-hybridized carbons (Fsp3) is 1.00. The molecule has 2 N–H and O–H groups in total. The molecule has 0 aliphatic rings. The first kappa shape index (κ1) is 28.2. The predicted molar refractivity (Wildman–Crippen MR) is 73.6 cm³/mol. The molecule has 0 fully saturated rings. The first-order valence-electron chi connectivity index (χ1n) is 5.95. The van der Waals surface area contributed by atoms with Gasteiger partial charge in [0.05, 0.1) is 0 Å². The maximum absolute atomic E-state index is 9.59. The predicted octanol–water partition coefficient (Wildman–Crippen LogP) is 0.0733. The number of rotatable bonds is 7. The molecule has 22 heavy (non-hydrogen) atoms. The van der Waals surface area contributed by atoms with Crippen molar-refractivity contribution in [1.29, 1.82) is 0 Å². The van der Waals surface area contributed by atoms with Crippen LogP contribution in [0.3, 0.4) is 0 Å². The number of hydrogen-bond donors (Lipinski definition) is 2. The molecule has 0 unspecified atom stereocenters. The van der Waals surface area contributed by atoms with E-state index in [9.17, 15) is 10.1 Å². The van der Waals surface area contributed by atoms with Crippen LogP contribution in [0, 0.1) is 30.3 Å². The summed E-state index contributed by atoms with van der Waals surface area (Å²) >= 11 is 0. The van der Waals surface area contributed by atoms with Gasteiger partial charge in [-0.15, -0.1) is 0 Å². The Morgan fingerprint density at radius 3 is 1.32 bits per heavy atom. The molecule has 0 bridgehead atoms. The monoisotopic (exact) mass is 333 g/mol. The molecule has 0 spiro atoms. The van der Waals surface area contributed by atoms with Crippen LogP contribution in [-0.2, 0) is 9.47 Å². The van der Waals surface area contributed by atoms with Crippen LogP contribution in [0.25, 0.3) is 0 Å². The smallest absolute Gasteiger partial charge is 0.308 e. The second kappa shape index (κ2) is 27.4. The van der Waals surface area contributed by atoms with Gasteiger partial charge in [0, 0.05) is 21.4 Å². The van der Waals surface area contributed by atoms with Crippen molar-refractivity contribution >= 4 is 0 Å². The second-order valence-corrected chi connectivity index (χ2v) is 2.93. The second-order valence-electron chi connectivity index (χ2n) is 2.93. The SMILES string of the molecule is CCC.CCOCOC[N+](=O)[O-].O=[N+]([O-])CO.O=[N+]([O-])CO. The van der Waals surface area contributed by atoms with E-state index in [0.717, 1.165) is 0 Å². The van der Waals surface area contributed by atoms with Crippen LogP contribution < -0.4 is 0 Å². The number of hydrogen-bond acceptors (Lipinski definition) is 10. The summed E-state index contributed by atoms with van der Waals surface area (Å²) in [5, 5.41) is 42.3. The Bertz CT molecular complexity index is 250. The van der Waals surface area contributed by atoms with E-state index in [0.29, 0.717) is 6.61 Å². The molecule has 0 saturated heterocycles. The van der Waals surface area contributed by atoms with Gasteiger partial charge in [-0.2, -0.15) is 0 Å². The highest BCUT2D eigenvalue weighted by molar-refractivity contribution is 4.07. The molecule has 0 aromatic carbocycles. The zero-order valence-corrected chi connectivity index (χ0v) is 12.7. The Morgan fingerprint density at radius 2 is 1.14 bits per heavy atom. The third-order valence-corrected chi connectivity index (χ3v) is 0.798. The summed E-state index contributed by atoms with van der Waals surface area (Å²) in [6, 6.07) is 0. The molecule has 0 atom stereocenters. The van der Waals surface area contributed by atoms with Crippen molar-refractivity contribution in [3.05, 3.63) is 30.3 Å². The Kier molecular flexibility index (Phi) is 35.2. The number of ether oxygens (including phenoxy) is 2. The number of nitrogens with zero attached hydrogens (tertiary/aromatic N) is 3. The van der Waals surface area contributed by atoms with E-state index in [4.69, 9.17) is 30.4 Å². The van der Waals surface area contributed by atoms with Crippen LogP contribution in [0.1, 0.15) is 27.2 Å². The van der Waals surface area contributed by atoms with Crippen LogP contribution in [0.15, 0.2) is 0 Å². The van der Waals surface area contributed by atoms with Gasteiger partial charge in [0.2, 0.25) is 0 Å². The standard InChI is InChI=1S/C4H9NO4.C3H8.2CH3NO3/c1-2-8-4-9-3-5(6)7;1-3-2;2*3-1-2(4)5/h2-4H2,1H3;3H2,1-2H3;2*3H,1H2. The van der Waals surface area contributed by atoms with Crippen molar-refractivity contribution in [2.45, 2.75) is 27.2 Å². The van der Waals surface area contributed by atoms with Crippen molar-refractivity contribution in [2.75, 3.05) is 33.6 Å². The first-order chi connectivity index (χ1) is 10.2. The zero-order chi connectivity index (χ0) is 18.4. The van der Waals surface area contributed by atoms with Crippen LogP contribution in [0.4, 0.5) is 0 Å². The van der Waals surface area contributed by atoms with E-state index < -0.39 is 35.0 Å². The van der Waals surface area contributed by atoms with E-state index in [1.807, 2.05) is 0 Å². The molecule has 13 nitrogen and oxygen atoms in total. The number of nitro groups is 3. The van der Waals surface area contributed by atoms with Gasteiger partial charge < -0.3 is 14.9 Å². The molecule has 0 heterocycles. The molecule has 0 aliphatic carbocycles. The topological polar surface area (TPSA) is 188 Å². The normalized spacial score (nSPS) is 8.05. The summed E-state index contributed by atoms with van der Waals surface area (Å²) in [4.78, 5) is 25.2. The van der Waals surface area contributed by atoms with Crippen molar-refractivity contribution in [3.63, 3.8) is 0 Å². The lowest BCUT2D eigenvalue weighted by atomic mass is 10.6. The van der Waals surface area contributed by atoms with Crippen LogP contribution in [0.2, 0.25) is 0 Å². The molecule has 134 valence electrons. The Balaban J connectivity index is -0.000000107. The highest BCUT2D eigenvalue weighted by atomic mass is 16.7. The molecule has 0 amide bonds. The number of aliphatic hydroxyl groups is 2. The van der Waals surface area contributed by atoms with Gasteiger partial charge in [0.25, 0.3) is 0 Å². The van der Waals surface area contributed by atoms with Gasteiger partial charge >= 0.3 is 20.2 Å². The minimum Gasteiger partial charge on any atom is -0.355 e. The molecular weight excluding hydrogens is 310 g/mol. The fourth-order valence-electron chi connectivity index (χ4n) is 0.254. The average Bonchev–Trinajstić information content (AvgIpc) is 2.45. The first-order valence-corrected chi connectivity index (χ1v) is 5.95. The van der Waals surface area contributed by atoms with Crippen LogP contribution in [-0.4, -0.2) is 58.6 Å². The highest BCUT2D eigenvalue weighted by Crippen LogP contribution is 1.77. The maximum Gasteiger partial charge on any atom is 0.308 e. The highest BCUT2D eigenvalue weighted by Gasteiger charge is 1.92.